The fourth-order valence-corrected chi connectivity index (χ4v) is 11.4. The summed E-state index contributed by atoms with van der Waals surface area (Å²) in [5.41, 5.74) is 13.9. The van der Waals surface area contributed by atoms with Crippen molar-refractivity contribution in [3.05, 3.63) is 229 Å². The van der Waals surface area contributed by atoms with Crippen molar-refractivity contribution in [2.24, 2.45) is 7.05 Å². The molecule has 11 aromatic rings. The molecule has 0 radical (unpaired) electrons. The first-order chi connectivity index (χ1) is 30.7. The van der Waals surface area contributed by atoms with Gasteiger partial charge in [0.1, 0.15) is 5.82 Å². The number of benzene rings is 8. The standard InChI is InChI=1S/C56H34N4OS.Pt/c1-58-35-59-49-34-39(61-38-28-30-43-42-19-8-9-23-46(42)60(48(43)33-38)52-27-10-11-32-57-52)29-31-44(49)56(45-22-14-24-47(58)55(45)59)53-40(36-15-4-2-5-16-36)20-12-25-50(53)62-51-26-13-21-41(54(51)56)37-17-6-3-7-18-37;/h2-32H,1H3;/q-2;. The molecule has 13 rings (SSSR count). The molecule has 2 aliphatic rings. The van der Waals surface area contributed by atoms with E-state index in [-0.39, 0.29) is 21.1 Å². The molecule has 0 fully saturated rings. The monoisotopic (exact) mass is 1010 g/mol. The van der Waals surface area contributed by atoms with Crippen LogP contribution in [0, 0.1) is 18.5 Å². The van der Waals surface area contributed by atoms with E-state index >= 15 is 0 Å². The average Bonchev–Trinajstić information content (AvgIpc) is 3.85. The summed E-state index contributed by atoms with van der Waals surface area (Å²) >= 11 is 1.86. The predicted molar refractivity (Wildman–Crippen MR) is 246 cm³/mol. The van der Waals surface area contributed by atoms with Crippen LogP contribution in [0.2, 0.25) is 0 Å². The van der Waals surface area contributed by atoms with Gasteiger partial charge in [-0.2, -0.15) is 12.1 Å². The molecule has 0 bridgehead atoms. The Morgan fingerprint density at radius 2 is 1.24 bits per heavy atom. The Balaban J connectivity index is 0.00000421. The number of imidazole rings is 1. The molecular weight excluding hydrogens is 972 g/mol. The van der Waals surface area contributed by atoms with Crippen molar-refractivity contribution >= 4 is 44.6 Å². The van der Waals surface area contributed by atoms with Gasteiger partial charge in [0.25, 0.3) is 0 Å². The van der Waals surface area contributed by atoms with Gasteiger partial charge in [-0.1, -0.05) is 150 Å². The van der Waals surface area contributed by atoms with Gasteiger partial charge < -0.3 is 18.4 Å². The zero-order chi connectivity index (χ0) is 40.9. The van der Waals surface area contributed by atoms with E-state index in [2.05, 4.69) is 197 Å². The molecule has 3 aromatic heterocycles. The van der Waals surface area contributed by atoms with Gasteiger partial charge in [-0.25, -0.2) is 4.98 Å². The maximum absolute atomic E-state index is 6.85. The SMILES string of the molecule is C[n+]1[c-]n2c3c(cccc31)C1(c3ccc(Oc4[c-]c5c(cc4)c4ccccc4n5-c4ccccn4)[c-]c3-2)c2c(cccc2-c2ccccc2)Sc2cccc(-c3ccccc3)c21.[Pt]. The number of nitrogens with zero attached hydrogens (tertiary/aromatic N) is 4. The number of hydrogen-bond donors (Lipinski definition) is 0. The van der Waals surface area contributed by atoms with E-state index in [0.717, 1.165) is 49.9 Å². The van der Waals surface area contributed by atoms with Gasteiger partial charge in [0.2, 0.25) is 6.33 Å². The molecule has 5 nitrogen and oxygen atoms in total. The number of hydrogen-bond acceptors (Lipinski definition) is 3. The van der Waals surface area contributed by atoms with Crippen LogP contribution in [0.4, 0.5) is 0 Å². The second-order valence-corrected chi connectivity index (χ2v) is 17.0. The van der Waals surface area contributed by atoms with Gasteiger partial charge in [-0.15, -0.1) is 35.2 Å². The van der Waals surface area contributed by atoms with Crippen LogP contribution in [-0.2, 0) is 33.5 Å². The third kappa shape index (κ3) is 5.48. The zero-order valence-corrected chi connectivity index (χ0v) is 36.9. The first-order valence-corrected chi connectivity index (χ1v) is 21.6. The van der Waals surface area contributed by atoms with Crippen molar-refractivity contribution in [3.8, 4) is 45.3 Å². The maximum Gasteiger partial charge on any atom is 0.242 e. The molecule has 0 unspecified atom stereocenters. The second-order valence-electron chi connectivity index (χ2n) is 15.9. The third-order valence-electron chi connectivity index (χ3n) is 12.6. The average molecular weight is 1010 g/mol. The largest absolute Gasteiger partial charge is 0.510 e. The Kier molecular flexibility index (Phi) is 8.72. The predicted octanol–water partition coefficient (Wildman–Crippen LogP) is 12.6. The number of rotatable bonds is 5. The quantitative estimate of drug-likeness (QED) is 0.127. The van der Waals surface area contributed by atoms with Crippen molar-refractivity contribution in [1.82, 2.24) is 14.1 Å². The molecule has 0 saturated heterocycles. The van der Waals surface area contributed by atoms with Crippen LogP contribution in [0.5, 0.6) is 11.5 Å². The second kappa shape index (κ2) is 14.6. The maximum atomic E-state index is 6.85. The van der Waals surface area contributed by atoms with Gasteiger partial charge in [-0.05, 0) is 74.7 Å². The Morgan fingerprint density at radius 1 is 0.587 bits per heavy atom. The van der Waals surface area contributed by atoms with Crippen LogP contribution in [-0.4, -0.2) is 14.1 Å². The van der Waals surface area contributed by atoms with Crippen molar-refractivity contribution in [1.29, 1.82) is 0 Å². The van der Waals surface area contributed by atoms with Crippen LogP contribution in [0.1, 0.15) is 22.3 Å². The van der Waals surface area contributed by atoms with Gasteiger partial charge in [0.05, 0.1) is 18.1 Å². The summed E-state index contributed by atoms with van der Waals surface area (Å²) in [7, 11) is 2.08. The summed E-state index contributed by atoms with van der Waals surface area (Å²) in [6, 6.07) is 72.4. The minimum atomic E-state index is -0.761. The molecular formula is C56H34N4OPtS-2. The fourth-order valence-electron chi connectivity index (χ4n) is 10.2. The molecule has 0 aliphatic carbocycles. The van der Waals surface area contributed by atoms with Crippen LogP contribution in [0.15, 0.2) is 198 Å². The molecule has 8 aromatic carbocycles. The van der Waals surface area contributed by atoms with Crippen LogP contribution in [0.25, 0.3) is 66.6 Å². The summed E-state index contributed by atoms with van der Waals surface area (Å²) in [6.45, 7) is 0. The number of para-hydroxylation sites is 2. The number of aryl methyl sites for hydroxylation is 1. The van der Waals surface area contributed by atoms with Gasteiger partial charge in [0.15, 0.2) is 0 Å². The Hall–Kier alpha value is -6.98. The summed E-state index contributed by atoms with van der Waals surface area (Å²) in [5, 5.41) is 2.22. The minimum absolute atomic E-state index is 0. The van der Waals surface area contributed by atoms with E-state index in [0.29, 0.717) is 11.5 Å². The zero-order valence-electron chi connectivity index (χ0n) is 33.8. The summed E-state index contributed by atoms with van der Waals surface area (Å²) in [6.07, 6.45) is 5.52. The Labute approximate surface area is 383 Å². The minimum Gasteiger partial charge on any atom is -0.510 e. The first kappa shape index (κ1) is 37.8. The van der Waals surface area contributed by atoms with Crippen LogP contribution >= 0.6 is 11.8 Å². The van der Waals surface area contributed by atoms with Crippen molar-refractivity contribution in [3.63, 3.8) is 0 Å². The van der Waals surface area contributed by atoms with E-state index < -0.39 is 5.41 Å². The van der Waals surface area contributed by atoms with E-state index in [1.54, 1.807) is 0 Å². The Morgan fingerprint density at radius 3 is 1.95 bits per heavy atom. The molecule has 0 saturated carbocycles. The molecule has 302 valence electrons. The summed E-state index contributed by atoms with van der Waals surface area (Å²) in [5.74, 6) is 2.01. The smallest absolute Gasteiger partial charge is 0.242 e. The van der Waals surface area contributed by atoms with Crippen molar-refractivity contribution < 1.29 is 30.4 Å². The molecule has 63 heavy (non-hydrogen) atoms. The third-order valence-corrected chi connectivity index (χ3v) is 13.7. The van der Waals surface area contributed by atoms with Crippen molar-refractivity contribution in [2.45, 2.75) is 15.2 Å². The van der Waals surface area contributed by atoms with Gasteiger partial charge >= 0.3 is 0 Å². The molecule has 2 aliphatic heterocycles. The van der Waals surface area contributed by atoms with Crippen molar-refractivity contribution in [2.75, 3.05) is 0 Å². The molecule has 1 spiro atoms. The molecule has 7 heteroatoms. The number of aromatic nitrogens is 4. The molecule has 0 atom stereocenters. The topological polar surface area (TPSA) is 35.9 Å². The van der Waals surface area contributed by atoms with Gasteiger partial charge in [0, 0.05) is 59.5 Å². The first-order valence-electron chi connectivity index (χ1n) is 20.8. The van der Waals surface area contributed by atoms with E-state index in [1.807, 2.05) is 42.2 Å². The molecule has 0 N–H and O–H groups in total. The fraction of sp³-hybridized carbons (Fsp3) is 0.0357. The Bertz CT molecular complexity index is 3510. The molecule has 0 amide bonds. The normalized spacial score (nSPS) is 13.1. The van der Waals surface area contributed by atoms with Crippen LogP contribution in [0.3, 0.4) is 0 Å². The number of ether oxygens (including phenoxy) is 1. The molecule has 5 heterocycles. The summed E-state index contributed by atoms with van der Waals surface area (Å²) < 4.78 is 13.3. The number of pyridine rings is 1. The number of fused-ring (bicyclic) bond motifs is 11. The summed E-state index contributed by atoms with van der Waals surface area (Å²) in [4.78, 5) is 7.19. The van der Waals surface area contributed by atoms with Crippen LogP contribution < -0.4 is 9.30 Å². The van der Waals surface area contributed by atoms with Gasteiger partial charge in [-0.3, -0.25) is 0 Å². The van der Waals surface area contributed by atoms with E-state index in [4.69, 9.17) is 9.72 Å². The van der Waals surface area contributed by atoms with E-state index in [1.165, 1.54) is 48.7 Å². The van der Waals surface area contributed by atoms with E-state index in [9.17, 15) is 0 Å².